The second kappa shape index (κ2) is 5.60. The van der Waals surface area contributed by atoms with Gasteiger partial charge in [-0.25, -0.2) is 4.98 Å². The zero-order valence-electron chi connectivity index (χ0n) is 10.0. The Morgan fingerprint density at radius 3 is 2.11 bits per heavy atom. The highest BCUT2D eigenvalue weighted by Crippen LogP contribution is 2.30. The molecule has 0 aliphatic heterocycles. The van der Waals surface area contributed by atoms with Crippen molar-refractivity contribution >= 4 is 11.6 Å². The monoisotopic (exact) mass is 265 g/mol. The molecular formula is C13H12ClNO3. The van der Waals surface area contributed by atoms with Gasteiger partial charge in [-0.15, -0.1) is 0 Å². The number of hydrogen-bond acceptors (Lipinski definition) is 4. The Bertz CT molecular complexity index is 523. The van der Waals surface area contributed by atoms with E-state index in [1.165, 1.54) is 0 Å². The Hall–Kier alpha value is -1.94. The summed E-state index contributed by atoms with van der Waals surface area (Å²) in [4.78, 5) is 4.04. The third kappa shape index (κ3) is 3.05. The molecule has 0 aliphatic rings. The van der Waals surface area contributed by atoms with Gasteiger partial charge in [0, 0.05) is 24.3 Å². The van der Waals surface area contributed by atoms with E-state index in [1.807, 2.05) is 0 Å². The van der Waals surface area contributed by atoms with Crippen molar-refractivity contribution in [2.45, 2.75) is 0 Å². The van der Waals surface area contributed by atoms with Crippen molar-refractivity contribution in [2.75, 3.05) is 14.2 Å². The first-order chi connectivity index (χ1) is 8.71. The summed E-state index contributed by atoms with van der Waals surface area (Å²) in [7, 11) is 3.16. The molecule has 0 spiro atoms. The Morgan fingerprint density at radius 1 is 0.944 bits per heavy atom. The van der Waals surface area contributed by atoms with Crippen LogP contribution in [0.3, 0.4) is 0 Å². The topological polar surface area (TPSA) is 40.6 Å². The van der Waals surface area contributed by atoms with Gasteiger partial charge in [-0.1, -0.05) is 17.7 Å². The molecule has 2 rings (SSSR count). The summed E-state index contributed by atoms with van der Waals surface area (Å²) in [5.41, 5.74) is 0. The molecule has 0 atom stereocenters. The molecular weight excluding hydrogens is 254 g/mol. The van der Waals surface area contributed by atoms with Crippen LogP contribution in [0.25, 0.3) is 0 Å². The van der Waals surface area contributed by atoms with Gasteiger partial charge in [-0.2, -0.15) is 0 Å². The predicted molar refractivity (Wildman–Crippen MR) is 68.9 cm³/mol. The van der Waals surface area contributed by atoms with E-state index >= 15 is 0 Å². The number of pyridine rings is 1. The van der Waals surface area contributed by atoms with Crippen molar-refractivity contribution in [1.29, 1.82) is 0 Å². The molecule has 0 amide bonds. The Morgan fingerprint density at radius 2 is 1.56 bits per heavy atom. The van der Waals surface area contributed by atoms with Crippen LogP contribution in [0.4, 0.5) is 0 Å². The van der Waals surface area contributed by atoms with Crippen LogP contribution in [-0.4, -0.2) is 19.2 Å². The molecule has 0 unspecified atom stereocenters. The maximum absolute atomic E-state index is 5.79. The van der Waals surface area contributed by atoms with Crippen molar-refractivity contribution in [3.05, 3.63) is 41.6 Å². The molecule has 18 heavy (non-hydrogen) atoms. The zero-order chi connectivity index (χ0) is 13.0. The lowest BCUT2D eigenvalue weighted by molar-refractivity contribution is 0.385. The van der Waals surface area contributed by atoms with Gasteiger partial charge in [0.25, 0.3) is 0 Å². The van der Waals surface area contributed by atoms with Gasteiger partial charge in [0.05, 0.1) is 14.2 Å². The summed E-state index contributed by atoms with van der Waals surface area (Å²) in [6, 6.07) is 10.4. The normalized spacial score (nSPS) is 9.94. The molecule has 0 saturated heterocycles. The minimum absolute atomic E-state index is 0.377. The highest BCUT2D eigenvalue weighted by atomic mass is 35.5. The SMILES string of the molecule is COc1cc(OC)cc(Oc2cccc(Cl)n2)c1. The second-order valence-electron chi connectivity index (χ2n) is 3.45. The predicted octanol–water partition coefficient (Wildman–Crippen LogP) is 3.54. The van der Waals surface area contributed by atoms with Crippen LogP contribution in [0.2, 0.25) is 5.15 Å². The molecule has 2 aromatic rings. The average molecular weight is 266 g/mol. The first-order valence-corrected chi connectivity index (χ1v) is 5.62. The molecule has 0 aliphatic carbocycles. The molecule has 94 valence electrons. The number of rotatable bonds is 4. The van der Waals surface area contributed by atoms with Crippen molar-refractivity contribution in [3.8, 4) is 23.1 Å². The Kier molecular flexibility index (Phi) is 3.89. The molecule has 1 heterocycles. The third-order valence-corrected chi connectivity index (χ3v) is 2.45. The lowest BCUT2D eigenvalue weighted by atomic mass is 10.3. The summed E-state index contributed by atoms with van der Waals surface area (Å²) in [6.07, 6.45) is 0. The number of aromatic nitrogens is 1. The standard InChI is InChI=1S/C13H12ClNO3/c1-16-9-6-10(17-2)8-11(7-9)18-13-5-3-4-12(14)15-13/h3-8H,1-2H3. The van der Waals surface area contributed by atoms with Crippen LogP contribution < -0.4 is 14.2 Å². The van der Waals surface area contributed by atoms with Crippen molar-refractivity contribution < 1.29 is 14.2 Å². The summed E-state index contributed by atoms with van der Waals surface area (Å²) in [5, 5.41) is 0.377. The van der Waals surface area contributed by atoms with Gasteiger partial charge in [-0.05, 0) is 6.07 Å². The van der Waals surface area contributed by atoms with Crippen molar-refractivity contribution in [3.63, 3.8) is 0 Å². The van der Waals surface area contributed by atoms with Gasteiger partial charge in [0.1, 0.15) is 22.4 Å². The summed E-state index contributed by atoms with van der Waals surface area (Å²) in [6.45, 7) is 0. The molecule has 0 saturated carbocycles. The highest BCUT2D eigenvalue weighted by Gasteiger charge is 2.05. The van der Waals surface area contributed by atoms with Crippen LogP contribution in [-0.2, 0) is 0 Å². The van der Waals surface area contributed by atoms with Gasteiger partial charge in [-0.3, -0.25) is 0 Å². The third-order valence-electron chi connectivity index (χ3n) is 2.24. The van der Waals surface area contributed by atoms with Gasteiger partial charge < -0.3 is 14.2 Å². The molecule has 0 N–H and O–H groups in total. The Balaban J connectivity index is 2.28. The fourth-order valence-electron chi connectivity index (χ4n) is 1.41. The van der Waals surface area contributed by atoms with Crippen LogP contribution in [0.5, 0.6) is 23.1 Å². The number of ether oxygens (including phenoxy) is 3. The van der Waals surface area contributed by atoms with E-state index in [4.69, 9.17) is 25.8 Å². The maximum atomic E-state index is 5.79. The molecule has 5 heteroatoms. The van der Waals surface area contributed by atoms with Gasteiger partial charge in [0.2, 0.25) is 5.88 Å². The van der Waals surface area contributed by atoms with Crippen molar-refractivity contribution in [1.82, 2.24) is 4.98 Å². The summed E-state index contributed by atoms with van der Waals surface area (Å²) >= 11 is 5.79. The summed E-state index contributed by atoms with van der Waals surface area (Å²) < 4.78 is 15.9. The number of nitrogens with zero attached hydrogens (tertiary/aromatic N) is 1. The van der Waals surface area contributed by atoms with E-state index in [9.17, 15) is 0 Å². The first-order valence-electron chi connectivity index (χ1n) is 5.25. The number of hydrogen-bond donors (Lipinski definition) is 0. The fourth-order valence-corrected chi connectivity index (χ4v) is 1.56. The number of methoxy groups -OCH3 is 2. The molecule has 1 aromatic carbocycles. The quantitative estimate of drug-likeness (QED) is 0.793. The molecule has 0 radical (unpaired) electrons. The largest absolute Gasteiger partial charge is 0.496 e. The minimum atomic E-state index is 0.377. The number of benzene rings is 1. The fraction of sp³-hybridized carbons (Fsp3) is 0.154. The Labute approximate surface area is 110 Å². The van der Waals surface area contributed by atoms with E-state index in [1.54, 1.807) is 50.6 Å². The van der Waals surface area contributed by atoms with E-state index in [0.29, 0.717) is 28.3 Å². The van der Waals surface area contributed by atoms with E-state index < -0.39 is 0 Å². The maximum Gasteiger partial charge on any atom is 0.220 e. The summed E-state index contributed by atoms with van der Waals surface area (Å²) in [5.74, 6) is 2.27. The molecule has 1 aromatic heterocycles. The van der Waals surface area contributed by atoms with Gasteiger partial charge >= 0.3 is 0 Å². The lowest BCUT2D eigenvalue weighted by Crippen LogP contribution is -1.91. The van der Waals surface area contributed by atoms with Crippen LogP contribution >= 0.6 is 11.6 Å². The van der Waals surface area contributed by atoms with Crippen LogP contribution in [0.15, 0.2) is 36.4 Å². The molecule has 0 fully saturated rings. The minimum Gasteiger partial charge on any atom is -0.496 e. The van der Waals surface area contributed by atoms with Crippen molar-refractivity contribution in [2.24, 2.45) is 0 Å². The van der Waals surface area contributed by atoms with Crippen LogP contribution in [0.1, 0.15) is 0 Å². The molecule has 0 bridgehead atoms. The van der Waals surface area contributed by atoms with Gasteiger partial charge in [0.15, 0.2) is 0 Å². The van der Waals surface area contributed by atoms with E-state index in [-0.39, 0.29) is 0 Å². The van der Waals surface area contributed by atoms with Crippen LogP contribution in [0, 0.1) is 0 Å². The average Bonchev–Trinajstić information content (AvgIpc) is 2.38. The van der Waals surface area contributed by atoms with E-state index in [0.717, 1.165) is 0 Å². The smallest absolute Gasteiger partial charge is 0.220 e. The van der Waals surface area contributed by atoms with E-state index in [2.05, 4.69) is 4.98 Å². The molecule has 4 nitrogen and oxygen atoms in total. The second-order valence-corrected chi connectivity index (χ2v) is 3.84. The highest BCUT2D eigenvalue weighted by molar-refractivity contribution is 6.29. The number of halogens is 1. The lowest BCUT2D eigenvalue weighted by Gasteiger charge is -2.09. The first kappa shape index (κ1) is 12.5. The zero-order valence-corrected chi connectivity index (χ0v) is 10.8.